The van der Waals surface area contributed by atoms with Gasteiger partial charge in [0.05, 0.1) is 25.2 Å². The van der Waals surface area contributed by atoms with Gasteiger partial charge >= 0.3 is 0 Å². The second-order valence-corrected chi connectivity index (χ2v) is 6.67. The number of alkyl halides is 1. The van der Waals surface area contributed by atoms with Gasteiger partial charge in [0.15, 0.2) is 6.29 Å². The van der Waals surface area contributed by atoms with Gasteiger partial charge in [-0.25, -0.2) is 0 Å². The van der Waals surface area contributed by atoms with E-state index in [0.717, 1.165) is 18.6 Å². The SMILES string of the molecule is OCCCCOCCOC(CBr)OC/C=C/CSc1ccccc1. The van der Waals surface area contributed by atoms with E-state index < -0.39 is 0 Å². The summed E-state index contributed by atoms with van der Waals surface area (Å²) >= 11 is 5.18. The van der Waals surface area contributed by atoms with E-state index in [1.807, 2.05) is 24.3 Å². The molecule has 0 aromatic heterocycles. The molecule has 0 saturated carbocycles. The molecule has 1 N–H and O–H groups in total. The van der Waals surface area contributed by atoms with Crippen LogP contribution in [0.2, 0.25) is 0 Å². The number of benzene rings is 1. The zero-order valence-corrected chi connectivity index (χ0v) is 16.3. The van der Waals surface area contributed by atoms with Gasteiger partial charge < -0.3 is 19.3 Å². The molecule has 1 aromatic rings. The Labute approximate surface area is 157 Å². The number of ether oxygens (including phenoxy) is 3. The van der Waals surface area contributed by atoms with E-state index in [4.69, 9.17) is 19.3 Å². The zero-order valence-electron chi connectivity index (χ0n) is 13.9. The molecule has 1 aromatic carbocycles. The molecule has 4 nitrogen and oxygen atoms in total. The van der Waals surface area contributed by atoms with Gasteiger partial charge in [-0.2, -0.15) is 0 Å². The Kier molecular flexibility index (Phi) is 14.6. The van der Waals surface area contributed by atoms with Gasteiger partial charge in [0.1, 0.15) is 0 Å². The lowest BCUT2D eigenvalue weighted by Crippen LogP contribution is -2.21. The van der Waals surface area contributed by atoms with E-state index in [2.05, 4.69) is 34.1 Å². The Morgan fingerprint density at radius 2 is 1.88 bits per heavy atom. The van der Waals surface area contributed by atoms with Crippen LogP contribution >= 0.6 is 27.7 Å². The minimum Gasteiger partial charge on any atom is -0.396 e. The summed E-state index contributed by atoms with van der Waals surface area (Å²) in [6.45, 7) is 2.45. The summed E-state index contributed by atoms with van der Waals surface area (Å²) in [7, 11) is 0. The second kappa shape index (κ2) is 16.1. The standard InChI is InChI=1S/C18H27BrO4S/c19-16-18(23-14-13-21-11-5-4-10-20)22-12-6-7-15-24-17-8-2-1-3-9-17/h1-3,6-9,18,20H,4-5,10-16H2/b7-6+. The highest BCUT2D eigenvalue weighted by Gasteiger charge is 2.06. The van der Waals surface area contributed by atoms with E-state index >= 15 is 0 Å². The minimum atomic E-state index is -0.266. The van der Waals surface area contributed by atoms with Gasteiger partial charge in [0.2, 0.25) is 0 Å². The van der Waals surface area contributed by atoms with Crippen molar-refractivity contribution < 1.29 is 19.3 Å². The largest absolute Gasteiger partial charge is 0.396 e. The molecule has 1 rings (SSSR count). The lowest BCUT2D eigenvalue weighted by molar-refractivity contribution is -0.128. The van der Waals surface area contributed by atoms with Crippen LogP contribution in [0.15, 0.2) is 47.4 Å². The minimum absolute atomic E-state index is 0.219. The summed E-state index contributed by atoms with van der Waals surface area (Å²) in [6, 6.07) is 10.3. The lowest BCUT2D eigenvalue weighted by atomic mass is 10.3. The number of thioether (sulfide) groups is 1. The fourth-order valence-electron chi connectivity index (χ4n) is 1.75. The molecule has 0 aliphatic rings. The summed E-state index contributed by atoms with van der Waals surface area (Å²) in [5, 5.41) is 9.29. The molecule has 136 valence electrons. The first-order chi connectivity index (χ1) is 11.9. The van der Waals surface area contributed by atoms with Gasteiger partial charge in [-0.3, -0.25) is 0 Å². The highest BCUT2D eigenvalue weighted by molar-refractivity contribution is 9.09. The van der Waals surface area contributed by atoms with E-state index in [1.165, 1.54) is 4.90 Å². The normalized spacial score (nSPS) is 12.8. The topological polar surface area (TPSA) is 47.9 Å². The third-order valence-electron chi connectivity index (χ3n) is 2.99. The molecule has 0 radical (unpaired) electrons. The van der Waals surface area contributed by atoms with E-state index in [9.17, 15) is 0 Å². The molecule has 1 atom stereocenters. The summed E-state index contributed by atoms with van der Waals surface area (Å²) < 4.78 is 16.6. The first kappa shape index (κ1) is 21.7. The van der Waals surface area contributed by atoms with Crippen molar-refractivity contribution in [1.29, 1.82) is 0 Å². The Hall–Kier alpha value is -0.370. The first-order valence-corrected chi connectivity index (χ1v) is 10.3. The number of aliphatic hydroxyl groups excluding tert-OH is 1. The van der Waals surface area contributed by atoms with Crippen molar-refractivity contribution >= 4 is 27.7 Å². The maximum Gasteiger partial charge on any atom is 0.167 e. The van der Waals surface area contributed by atoms with Crippen molar-refractivity contribution in [1.82, 2.24) is 0 Å². The van der Waals surface area contributed by atoms with E-state index in [1.54, 1.807) is 11.8 Å². The fourth-order valence-corrected chi connectivity index (χ4v) is 2.90. The van der Waals surface area contributed by atoms with Crippen LogP contribution in [-0.2, 0) is 14.2 Å². The van der Waals surface area contributed by atoms with Crippen molar-refractivity contribution in [2.24, 2.45) is 0 Å². The Balaban J connectivity index is 1.99. The molecule has 0 amide bonds. The molecule has 0 heterocycles. The zero-order chi connectivity index (χ0) is 17.3. The summed E-state index contributed by atoms with van der Waals surface area (Å²) in [5.41, 5.74) is 0. The molecule has 0 saturated heterocycles. The molecule has 0 spiro atoms. The number of halogens is 1. The van der Waals surface area contributed by atoms with Crippen LogP contribution < -0.4 is 0 Å². The number of aliphatic hydroxyl groups is 1. The van der Waals surface area contributed by atoms with Gasteiger partial charge in [-0.15, -0.1) is 11.8 Å². The molecular weight excluding hydrogens is 392 g/mol. The molecule has 0 aliphatic carbocycles. The molecule has 1 unspecified atom stereocenters. The predicted octanol–water partition coefficient (Wildman–Crippen LogP) is 3.88. The van der Waals surface area contributed by atoms with E-state index in [-0.39, 0.29) is 12.9 Å². The number of rotatable bonds is 15. The average Bonchev–Trinajstić information content (AvgIpc) is 2.63. The van der Waals surface area contributed by atoms with Gasteiger partial charge in [-0.05, 0) is 25.0 Å². The van der Waals surface area contributed by atoms with Crippen LogP contribution in [0, 0.1) is 0 Å². The Morgan fingerprint density at radius 3 is 2.62 bits per heavy atom. The van der Waals surface area contributed by atoms with E-state index in [0.29, 0.717) is 31.8 Å². The number of hydrogen-bond donors (Lipinski definition) is 1. The Morgan fingerprint density at radius 1 is 1.04 bits per heavy atom. The van der Waals surface area contributed by atoms with Crippen LogP contribution in [0.1, 0.15) is 12.8 Å². The van der Waals surface area contributed by atoms with Crippen molar-refractivity contribution in [3.63, 3.8) is 0 Å². The molecule has 0 bridgehead atoms. The fraction of sp³-hybridized carbons (Fsp3) is 0.556. The summed E-state index contributed by atoms with van der Waals surface area (Å²) in [4.78, 5) is 1.27. The molecule has 0 aliphatic heterocycles. The average molecular weight is 419 g/mol. The molecule has 0 fully saturated rings. The van der Waals surface area contributed by atoms with Crippen molar-refractivity contribution in [3.05, 3.63) is 42.5 Å². The van der Waals surface area contributed by atoms with Gasteiger partial charge in [0, 0.05) is 23.9 Å². The highest BCUT2D eigenvalue weighted by atomic mass is 79.9. The van der Waals surface area contributed by atoms with Gasteiger partial charge in [0.25, 0.3) is 0 Å². The maximum atomic E-state index is 8.66. The van der Waals surface area contributed by atoms with Crippen LogP contribution in [0.5, 0.6) is 0 Å². The van der Waals surface area contributed by atoms with Gasteiger partial charge in [-0.1, -0.05) is 46.3 Å². The van der Waals surface area contributed by atoms with Crippen LogP contribution in [-0.4, -0.2) is 55.5 Å². The third kappa shape index (κ3) is 12.1. The smallest absolute Gasteiger partial charge is 0.167 e. The highest BCUT2D eigenvalue weighted by Crippen LogP contribution is 2.16. The third-order valence-corrected chi connectivity index (χ3v) is 4.48. The molecular formula is C18H27BrO4S. The number of hydrogen-bond acceptors (Lipinski definition) is 5. The lowest BCUT2D eigenvalue weighted by Gasteiger charge is -2.15. The van der Waals surface area contributed by atoms with Crippen LogP contribution in [0.4, 0.5) is 0 Å². The maximum absolute atomic E-state index is 8.66. The second-order valence-electron chi connectivity index (χ2n) is 4.93. The quantitative estimate of drug-likeness (QED) is 0.154. The van der Waals surface area contributed by atoms with Crippen molar-refractivity contribution in [2.75, 3.05) is 44.1 Å². The van der Waals surface area contributed by atoms with Crippen molar-refractivity contribution in [3.8, 4) is 0 Å². The molecule has 24 heavy (non-hydrogen) atoms. The Bertz CT molecular complexity index is 417. The summed E-state index contributed by atoms with van der Waals surface area (Å²) in [5.74, 6) is 0.925. The van der Waals surface area contributed by atoms with Crippen LogP contribution in [0.25, 0.3) is 0 Å². The first-order valence-electron chi connectivity index (χ1n) is 8.17. The molecule has 6 heteroatoms. The summed E-state index contributed by atoms with van der Waals surface area (Å²) in [6.07, 6.45) is 5.51. The van der Waals surface area contributed by atoms with Crippen LogP contribution in [0.3, 0.4) is 0 Å². The predicted molar refractivity (Wildman–Crippen MR) is 103 cm³/mol. The number of unbranched alkanes of at least 4 members (excludes halogenated alkanes) is 1. The van der Waals surface area contributed by atoms with Crippen molar-refractivity contribution in [2.45, 2.75) is 24.0 Å². The monoisotopic (exact) mass is 418 g/mol.